The average molecular weight is 772 g/mol. The summed E-state index contributed by atoms with van der Waals surface area (Å²) >= 11 is 6.94. The van der Waals surface area contributed by atoms with Crippen molar-refractivity contribution in [1.82, 2.24) is 9.80 Å². The van der Waals surface area contributed by atoms with Crippen LogP contribution in [0.4, 0.5) is 0 Å². The molecule has 0 unspecified atom stereocenters. The number of hydrogen-bond acceptors (Lipinski definition) is 8. The van der Waals surface area contributed by atoms with E-state index in [2.05, 4.69) is 41.8 Å². The zero-order valence-electron chi connectivity index (χ0n) is 26.1. The quantitative estimate of drug-likeness (QED) is 0.260. The van der Waals surface area contributed by atoms with Gasteiger partial charge >= 0.3 is 0 Å². The van der Waals surface area contributed by atoms with Crippen LogP contribution in [-0.2, 0) is 20.7 Å². The highest BCUT2D eigenvalue weighted by molar-refractivity contribution is 9.10. The number of carbonyl (C=O) groups is 2. The Labute approximate surface area is 294 Å². The highest BCUT2D eigenvalue weighted by Gasteiger charge is 2.55. The van der Waals surface area contributed by atoms with E-state index in [4.69, 9.17) is 20.9 Å². The number of guanidine groups is 2. The van der Waals surface area contributed by atoms with Gasteiger partial charge < -0.3 is 20.9 Å². The second kappa shape index (κ2) is 12.1. The molecule has 0 bridgehead atoms. The third kappa shape index (κ3) is 5.23. The molecule has 4 heterocycles. The third-order valence-corrected chi connectivity index (χ3v) is 10.2. The smallest absolute Gasteiger partial charge is 0.261 e. The molecule has 48 heavy (non-hydrogen) atoms. The minimum absolute atomic E-state index is 0.122. The molecule has 2 amide bonds. The number of likely N-dealkylation sites (N-methyl/N-ethyl adjacent to an activating group) is 2. The molecule has 8 rings (SSSR count). The highest BCUT2D eigenvalue weighted by atomic mass is 79.9. The summed E-state index contributed by atoms with van der Waals surface area (Å²) in [6.45, 7) is 0. The summed E-state index contributed by atoms with van der Waals surface area (Å²) in [5, 5.41) is 0. The summed E-state index contributed by atoms with van der Waals surface area (Å²) in [5.41, 5.74) is 13.4. The van der Waals surface area contributed by atoms with Gasteiger partial charge in [0, 0.05) is 47.0 Å². The van der Waals surface area contributed by atoms with Crippen molar-refractivity contribution in [3.05, 3.63) is 128 Å². The van der Waals surface area contributed by atoms with E-state index in [1.807, 2.05) is 97.1 Å². The fourth-order valence-corrected chi connectivity index (χ4v) is 7.45. The van der Waals surface area contributed by atoms with Crippen LogP contribution in [0.5, 0.6) is 11.5 Å². The molecule has 4 aliphatic heterocycles. The number of hydrogen-bond donors (Lipinski definition) is 2. The molecule has 4 atom stereocenters. The van der Waals surface area contributed by atoms with Gasteiger partial charge in [0.25, 0.3) is 11.8 Å². The lowest BCUT2D eigenvalue weighted by Crippen LogP contribution is -2.43. The molecule has 0 aromatic heterocycles. The molecule has 0 aliphatic carbocycles. The molecule has 4 aliphatic rings. The van der Waals surface area contributed by atoms with Gasteiger partial charge in [-0.05, 0) is 47.5 Å². The van der Waals surface area contributed by atoms with Crippen molar-refractivity contribution in [2.45, 2.75) is 36.1 Å². The van der Waals surface area contributed by atoms with E-state index < -0.39 is 11.1 Å². The van der Waals surface area contributed by atoms with Crippen LogP contribution in [0.15, 0.2) is 116 Å². The molecule has 0 radical (unpaired) electrons. The van der Waals surface area contributed by atoms with Crippen LogP contribution in [0.2, 0.25) is 0 Å². The summed E-state index contributed by atoms with van der Waals surface area (Å²) in [7, 11) is 3.31. The number of aliphatic imine (C=N–C) groups is 2. The lowest BCUT2D eigenvalue weighted by molar-refractivity contribution is -0.133. The fourth-order valence-electron chi connectivity index (χ4n) is 6.73. The summed E-state index contributed by atoms with van der Waals surface area (Å²) in [6, 6.07) is 31.1. The van der Waals surface area contributed by atoms with Crippen LogP contribution in [0.1, 0.15) is 47.3 Å². The second-order valence-electron chi connectivity index (χ2n) is 12.1. The lowest BCUT2D eigenvalue weighted by atomic mass is 9.80. The topological polar surface area (TPSA) is 136 Å². The highest BCUT2D eigenvalue weighted by Crippen LogP contribution is 2.51. The number of fused-ring (bicyclic) bond motifs is 4. The number of carbonyl (C=O) groups excluding carboxylic acids is 2. The molecule has 4 N–H and O–H groups in total. The first-order valence-corrected chi connectivity index (χ1v) is 16.9. The molecular weight excluding hydrogens is 740 g/mol. The van der Waals surface area contributed by atoms with E-state index in [1.165, 1.54) is 9.80 Å². The maximum absolute atomic E-state index is 13.0. The summed E-state index contributed by atoms with van der Waals surface area (Å²) in [4.78, 5) is 38.0. The normalized spacial score (nSPS) is 25.4. The van der Waals surface area contributed by atoms with Gasteiger partial charge in [0.2, 0.25) is 0 Å². The minimum atomic E-state index is -1.03. The Bertz CT molecular complexity index is 1850. The molecule has 12 heteroatoms. The van der Waals surface area contributed by atoms with Crippen LogP contribution in [0.25, 0.3) is 0 Å². The van der Waals surface area contributed by atoms with Gasteiger partial charge in [-0.3, -0.25) is 19.4 Å². The lowest BCUT2D eigenvalue weighted by Gasteiger charge is -2.36. The van der Waals surface area contributed by atoms with Crippen molar-refractivity contribution in [2.24, 2.45) is 21.5 Å². The van der Waals surface area contributed by atoms with Gasteiger partial charge in [-0.25, -0.2) is 9.98 Å². The standard InChI is InChI=1S/2C18H16BrN3O2/c2*1-22-16(23)18(21-17(22)20)10-15(11-5-3-2-4-6-11)24-14-8-7-12(19)9-13(14)18/h2*2-9,15H,10H2,1H3,(H2,20,21)/t15-,18+;15-,18-/m10/s1. The molecule has 2 spiro atoms. The van der Waals surface area contributed by atoms with Crippen LogP contribution in [0.3, 0.4) is 0 Å². The van der Waals surface area contributed by atoms with E-state index in [0.717, 1.165) is 31.2 Å². The Morgan fingerprint density at radius 3 is 1.35 bits per heavy atom. The van der Waals surface area contributed by atoms with Gasteiger partial charge in [-0.15, -0.1) is 0 Å². The summed E-state index contributed by atoms with van der Waals surface area (Å²) in [6.07, 6.45) is 0.327. The van der Waals surface area contributed by atoms with Crippen molar-refractivity contribution < 1.29 is 19.1 Å². The molecular formula is C36H32Br2N6O4. The third-order valence-electron chi connectivity index (χ3n) is 9.23. The van der Waals surface area contributed by atoms with Crippen molar-refractivity contribution >= 4 is 55.6 Å². The van der Waals surface area contributed by atoms with Crippen LogP contribution in [0, 0.1) is 0 Å². The average Bonchev–Trinajstić information content (AvgIpc) is 3.44. The number of benzene rings is 4. The predicted molar refractivity (Wildman–Crippen MR) is 189 cm³/mol. The first-order valence-electron chi connectivity index (χ1n) is 15.3. The number of nitrogens with zero attached hydrogens (tertiary/aromatic N) is 4. The first-order chi connectivity index (χ1) is 23.0. The minimum Gasteiger partial charge on any atom is -0.485 e. The molecule has 0 fully saturated rings. The summed E-state index contributed by atoms with van der Waals surface area (Å²) < 4.78 is 14.1. The Morgan fingerprint density at radius 1 is 0.646 bits per heavy atom. The number of halogens is 2. The molecule has 0 saturated carbocycles. The first kappa shape index (κ1) is 31.9. The molecule has 0 saturated heterocycles. The Morgan fingerprint density at radius 2 is 1.02 bits per heavy atom. The zero-order valence-corrected chi connectivity index (χ0v) is 29.3. The van der Waals surface area contributed by atoms with Gasteiger partial charge in [0.15, 0.2) is 23.0 Å². The van der Waals surface area contributed by atoms with Gasteiger partial charge in [-0.2, -0.15) is 0 Å². The van der Waals surface area contributed by atoms with Gasteiger partial charge in [-0.1, -0.05) is 92.5 Å². The number of ether oxygens (including phenoxy) is 2. The Kier molecular flexibility index (Phi) is 8.03. The second-order valence-corrected chi connectivity index (χ2v) is 13.9. The van der Waals surface area contributed by atoms with E-state index in [-0.39, 0.29) is 35.9 Å². The van der Waals surface area contributed by atoms with Crippen molar-refractivity contribution in [3.8, 4) is 11.5 Å². The molecule has 4 aromatic carbocycles. The van der Waals surface area contributed by atoms with E-state index in [0.29, 0.717) is 24.3 Å². The molecule has 10 nitrogen and oxygen atoms in total. The number of nitrogens with two attached hydrogens (primary N) is 2. The van der Waals surface area contributed by atoms with Crippen molar-refractivity contribution in [2.75, 3.05) is 14.1 Å². The summed E-state index contributed by atoms with van der Waals surface area (Å²) in [5.74, 6) is 1.56. The maximum atomic E-state index is 13.0. The Hall–Kier alpha value is -4.68. The van der Waals surface area contributed by atoms with E-state index in [9.17, 15) is 9.59 Å². The molecule has 244 valence electrons. The van der Waals surface area contributed by atoms with Crippen LogP contribution >= 0.6 is 31.9 Å². The van der Waals surface area contributed by atoms with Gasteiger partial charge in [0.1, 0.15) is 23.7 Å². The predicted octanol–water partition coefficient (Wildman–Crippen LogP) is 5.91. The van der Waals surface area contributed by atoms with Crippen molar-refractivity contribution in [1.29, 1.82) is 0 Å². The van der Waals surface area contributed by atoms with Crippen LogP contribution in [-0.4, -0.2) is 47.6 Å². The Balaban J connectivity index is 0.000000152. The maximum Gasteiger partial charge on any atom is 0.261 e. The van der Waals surface area contributed by atoms with Crippen molar-refractivity contribution in [3.63, 3.8) is 0 Å². The largest absolute Gasteiger partial charge is 0.485 e. The zero-order chi connectivity index (χ0) is 33.8. The number of rotatable bonds is 2. The van der Waals surface area contributed by atoms with E-state index >= 15 is 0 Å². The SMILES string of the molecule is CN1C(=O)[C@@]2(C[C@@H](c3ccccc3)Oc3ccc(Br)cc32)N=C1N.CN1C(=O)[C@@]2(C[C@H](c3ccccc3)Oc3ccc(Br)cc32)N=C1N. The van der Waals surface area contributed by atoms with Gasteiger partial charge in [0.05, 0.1) is 0 Å². The molecule has 4 aromatic rings. The van der Waals surface area contributed by atoms with E-state index in [1.54, 1.807) is 14.1 Å². The number of amides is 2. The monoisotopic (exact) mass is 770 g/mol. The fraction of sp³-hybridized carbons (Fsp3) is 0.222. The van der Waals surface area contributed by atoms with Crippen LogP contribution < -0.4 is 20.9 Å².